The van der Waals surface area contributed by atoms with Gasteiger partial charge in [-0.25, -0.2) is 9.59 Å². The number of benzene rings is 1. The molecule has 1 rings (SSSR count). The van der Waals surface area contributed by atoms with E-state index in [1.54, 1.807) is 19.1 Å². The van der Waals surface area contributed by atoms with Gasteiger partial charge in [-0.05, 0) is 31.9 Å². The van der Waals surface area contributed by atoms with Crippen molar-refractivity contribution in [2.24, 2.45) is 0 Å². The smallest absolute Gasteiger partial charge is 0.342 e. The summed E-state index contributed by atoms with van der Waals surface area (Å²) < 4.78 is 15.3. The van der Waals surface area contributed by atoms with E-state index in [1.807, 2.05) is 13.8 Å². The summed E-state index contributed by atoms with van der Waals surface area (Å²) in [6.45, 7) is 6.09. The van der Waals surface area contributed by atoms with Crippen molar-refractivity contribution < 1.29 is 23.8 Å². The van der Waals surface area contributed by atoms with Crippen LogP contribution in [0.25, 0.3) is 0 Å². The summed E-state index contributed by atoms with van der Waals surface area (Å²) in [7, 11) is 1.27. The fraction of sp³-hybridized carbons (Fsp3) is 0.467. The number of methoxy groups -OCH3 is 1. The van der Waals surface area contributed by atoms with Gasteiger partial charge in [-0.2, -0.15) is 0 Å². The first-order chi connectivity index (χ1) is 9.60. The normalized spacial score (nSPS) is 10.0. The Hall–Kier alpha value is -2.04. The van der Waals surface area contributed by atoms with Crippen molar-refractivity contribution in [2.45, 2.75) is 27.2 Å². The van der Waals surface area contributed by atoms with Crippen LogP contribution < -0.4 is 4.74 Å². The van der Waals surface area contributed by atoms with E-state index in [2.05, 4.69) is 0 Å². The highest BCUT2D eigenvalue weighted by Gasteiger charge is 2.25. The first-order valence-corrected chi connectivity index (χ1v) is 6.64. The van der Waals surface area contributed by atoms with Crippen LogP contribution in [-0.2, 0) is 15.9 Å². The summed E-state index contributed by atoms with van der Waals surface area (Å²) in [4.78, 5) is 24.0. The van der Waals surface area contributed by atoms with Crippen LogP contribution >= 0.6 is 0 Å². The van der Waals surface area contributed by atoms with Gasteiger partial charge >= 0.3 is 11.9 Å². The Kier molecular flexibility index (Phi) is 6.03. The highest BCUT2D eigenvalue weighted by atomic mass is 16.5. The molecule has 5 nitrogen and oxygen atoms in total. The van der Waals surface area contributed by atoms with E-state index in [1.165, 1.54) is 7.11 Å². The number of aryl methyl sites for hydroxylation is 1. The number of esters is 2. The molecule has 0 heterocycles. The van der Waals surface area contributed by atoms with Crippen molar-refractivity contribution >= 4 is 11.9 Å². The van der Waals surface area contributed by atoms with Gasteiger partial charge < -0.3 is 14.2 Å². The maximum absolute atomic E-state index is 12.1. The van der Waals surface area contributed by atoms with Crippen LogP contribution in [0.3, 0.4) is 0 Å². The molecule has 0 radical (unpaired) electrons. The van der Waals surface area contributed by atoms with Crippen LogP contribution in [0.5, 0.6) is 5.75 Å². The predicted octanol–water partition coefficient (Wildman–Crippen LogP) is 2.61. The Morgan fingerprint density at radius 1 is 1.05 bits per heavy atom. The largest absolute Gasteiger partial charge is 0.493 e. The number of hydrogen-bond acceptors (Lipinski definition) is 5. The highest BCUT2D eigenvalue weighted by Crippen LogP contribution is 2.29. The summed E-state index contributed by atoms with van der Waals surface area (Å²) in [6.07, 6.45) is 0.684. The monoisotopic (exact) mass is 280 g/mol. The summed E-state index contributed by atoms with van der Waals surface area (Å²) in [5.74, 6) is -0.764. The third-order valence-electron chi connectivity index (χ3n) is 2.79. The second kappa shape index (κ2) is 7.53. The fourth-order valence-electron chi connectivity index (χ4n) is 1.90. The maximum Gasteiger partial charge on any atom is 0.342 e. The van der Waals surface area contributed by atoms with Crippen LogP contribution in [0.1, 0.15) is 47.1 Å². The third-order valence-corrected chi connectivity index (χ3v) is 2.79. The minimum atomic E-state index is -0.586. The van der Waals surface area contributed by atoms with Gasteiger partial charge in [0.25, 0.3) is 0 Å². The molecule has 0 atom stereocenters. The van der Waals surface area contributed by atoms with Crippen molar-refractivity contribution in [1.82, 2.24) is 0 Å². The van der Waals surface area contributed by atoms with Crippen LogP contribution in [0, 0.1) is 0 Å². The molecular weight excluding hydrogens is 260 g/mol. The second-order valence-corrected chi connectivity index (χ2v) is 3.97. The average Bonchev–Trinajstić information content (AvgIpc) is 2.46. The Morgan fingerprint density at radius 2 is 1.75 bits per heavy atom. The molecule has 0 fully saturated rings. The van der Waals surface area contributed by atoms with Gasteiger partial charge in [-0.1, -0.05) is 13.0 Å². The lowest BCUT2D eigenvalue weighted by Crippen LogP contribution is -2.16. The molecule has 0 amide bonds. The average molecular weight is 280 g/mol. The molecule has 0 aliphatic heterocycles. The van der Waals surface area contributed by atoms with E-state index in [0.717, 1.165) is 5.56 Å². The van der Waals surface area contributed by atoms with Gasteiger partial charge in [0, 0.05) is 0 Å². The lowest BCUT2D eigenvalue weighted by Gasteiger charge is -2.16. The third kappa shape index (κ3) is 3.29. The van der Waals surface area contributed by atoms with Gasteiger partial charge in [0.05, 0.1) is 25.9 Å². The molecule has 1 aromatic rings. The molecule has 0 unspecified atom stereocenters. The molecule has 0 aliphatic carbocycles. The van der Waals surface area contributed by atoms with Crippen molar-refractivity contribution in [3.05, 3.63) is 28.8 Å². The topological polar surface area (TPSA) is 61.8 Å². The van der Waals surface area contributed by atoms with E-state index in [0.29, 0.717) is 18.8 Å². The zero-order chi connectivity index (χ0) is 15.1. The molecule has 0 aliphatic rings. The lowest BCUT2D eigenvalue weighted by molar-refractivity contribution is 0.0499. The number of carbonyl (C=O) groups is 2. The van der Waals surface area contributed by atoms with Gasteiger partial charge in [-0.15, -0.1) is 0 Å². The molecule has 110 valence electrons. The van der Waals surface area contributed by atoms with E-state index < -0.39 is 11.9 Å². The highest BCUT2D eigenvalue weighted by molar-refractivity contribution is 6.05. The molecule has 0 saturated carbocycles. The molecule has 0 bridgehead atoms. The number of hydrogen-bond donors (Lipinski definition) is 0. The summed E-state index contributed by atoms with van der Waals surface area (Å²) in [5, 5.41) is 0. The second-order valence-electron chi connectivity index (χ2n) is 3.97. The Bertz CT molecular complexity index is 493. The standard InChI is InChI=1S/C15H20O5/c1-5-10-8-9-11(14(16)18-4)12(13(10)19-6-2)15(17)20-7-3/h8-9H,5-7H2,1-4H3. The Labute approximate surface area is 118 Å². The zero-order valence-corrected chi connectivity index (χ0v) is 12.3. The SMILES string of the molecule is CCOC(=O)c1c(C(=O)OC)ccc(CC)c1OCC. The molecular formula is C15H20O5. The lowest BCUT2D eigenvalue weighted by atomic mass is 10.0. The van der Waals surface area contributed by atoms with E-state index >= 15 is 0 Å². The van der Waals surface area contributed by atoms with E-state index in [-0.39, 0.29) is 17.7 Å². The number of ether oxygens (including phenoxy) is 3. The summed E-state index contributed by atoms with van der Waals surface area (Å²) in [5.41, 5.74) is 1.15. The van der Waals surface area contributed by atoms with Crippen LogP contribution in [-0.4, -0.2) is 32.3 Å². The quantitative estimate of drug-likeness (QED) is 0.749. The minimum Gasteiger partial charge on any atom is -0.493 e. The van der Waals surface area contributed by atoms with Crippen molar-refractivity contribution in [3.63, 3.8) is 0 Å². The van der Waals surface area contributed by atoms with Crippen LogP contribution in [0.15, 0.2) is 12.1 Å². The van der Waals surface area contributed by atoms with Gasteiger partial charge in [0.2, 0.25) is 0 Å². The fourth-order valence-corrected chi connectivity index (χ4v) is 1.90. The van der Waals surface area contributed by atoms with Crippen molar-refractivity contribution in [3.8, 4) is 5.75 Å². The van der Waals surface area contributed by atoms with Crippen LogP contribution in [0.4, 0.5) is 0 Å². The maximum atomic E-state index is 12.1. The predicted molar refractivity (Wildman–Crippen MR) is 74.3 cm³/mol. The molecule has 5 heteroatoms. The summed E-state index contributed by atoms with van der Waals surface area (Å²) >= 11 is 0. The Morgan fingerprint density at radius 3 is 2.25 bits per heavy atom. The summed E-state index contributed by atoms with van der Waals surface area (Å²) in [6, 6.07) is 3.33. The minimum absolute atomic E-state index is 0.139. The molecule has 0 spiro atoms. The van der Waals surface area contributed by atoms with Gasteiger partial charge in [-0.3, -0.25) is 0 Å². The van der Waals surface area contributed by atoms with E-state index in [9.17, 15) is 9.59 Å². The molecule has 0 aromatic heterocycles. The van der Waals surface area contributed by atoms with Crippen LogP contribution in [0.2, 0.25) is 0 Å². The number of carbonyl (C=O) groups excluding carboxylic acids is 2. The number of rotatable bonds is 6. The molecule has 1 aromatic carbocycles. The van der Waals surface area contributed by atoms with E-state index in [4.69, 9.17) is 14.2 Å². The van der Waals surface area contributed by atoms with Gasteiger partial charge in [0.1, 0.15) is 11.3 Å². The van der Waals surface area contributed by atoms with Gasteiger partial charge in [0.15, 0.2) is 0 Å². The zero-order valence-electron chi connectivity index (χ0n) is 12.3. The van der Waals surface area contributed by atoms with Crippen molar-refractivity contribution in [1.29, 1.82) is 0 Å². The molecule has 20 heavy (non-hydrogen) atoms. The Balaban J connectivity index is 3.49. The molecule has 0 N–H and O–H groups in total. The first kappa shape index (κ1) is 16.0. The molecule has 0 saturated heterocycles. The first-order valence-electron chi connectivity index (χ1n) is 6.64. The van der Waals surface area contributed by atoms with Crippen molar-refractivity contribution in [2.75, 3.05) is 20.3 Å².